The molecule has 0 saturated heterocycles. The van der Waals surface area contributed by atoms with Gasteiger partial charge in [0.15, 0.2) is 5.82 Å². The van der Waals surface area contributed by atoms with E-state index in [9.17, 15) is 0 Å². The van der Waals surface area contributed by atoms with Crippen molar-refractivity contribution >= 4 is 11.5 Å². The van der Waals surface area contributed by atoms with E-state index in [0.717, 1.165) is 35.6 Å². The molecule has 0 amide bonds. The molecule has 1 fully saturated rings. The Balaban J connectivity index is 1.99. The lowest BCUT2D eigenvalue weighted by atomic mass is 10.1. The van der Waals surface area contributed by atoms with Gasteiger partial charge >= 0.3 is 0 Å². The molecule has 4 N–H and O–H groups in total. The van der Waals surface area contributed by atoms with Crippen molar-refractivity contribution in [3.05, 3.63) is 30.1 Å². The molecule has 5 heteroatoms. The van der Waals surface area contributed by atoms with Crippen LogP contribution >= 0.6 is 0 Å². The van der Waals surface area contributed by atoms with Crippen LogP contribution in [-0.2, 0) is 0 Å². The van der Waals surface area contributed by atoms with Crippen LogP contribution in [0.5, 0.6) is 0 Å². The van der Waals surface area contributed by atoms with Gasteiger partial charge < -0.3 is 16.5 Å². The fraction of sp³-hybridized carbons (Fsp3) is 0.357. The second-order valence-electron chi connectivity index (χ2n) is 5.29. The van der Waals surface area contributed by atoms with Crippen molar-refractivity contribution in [3.8, 4) is 11.3 Å². The molecule has 2 aromatic rings. The fourth-order valence-electron chi connectivity index (χ4n) is 2.22. The van der Waals surface area contributed by atoms with Gasteiger partial charge in [-0.25, -0.2) is 9.66 Å². The summed E-state index contributed by atoms with van der Waals surface area (Å²) >= 11 is 0. The summed E-state index contributed by atoms with van der Waals surface area (Å²) in [6, 6.07) is 8.18. The molecule has 5 nitrogen and oxygen atoms in total. The fourth-order valence-corrected chi connectivity index (χ4v) is 2.22. The highest BCUT2D eigenvalue weighted by Gasteiger charge is 2.30. The molecule has 1 aromatic carbocycles. The number of imidazole rings is 1. The Morgan fingerprint density at radius 2 is 1.84 bits per heavy atom. The number of benzene rings is 1. The summed E-state index contributed by atoms with van der Waals surface area (Å²) in [6.07, 6.45) is 2.32. The van der Waals surface area contributed by atoms with Crippen molar-refractivity contribution in [2.75, 3.05) is 30.6 Å². The van der Waals surface area contributed by atoms with Crippen LogP contribution in [0.1, 0.15) is 24.6 Å². The summed E-state index contributed by atoms with van der Waals surface area (Å²) in [6.45, 7) is 0. The zero-order valence-corrected chi connectivity index (χ0v) is 11.3. The first kappa shape index (κ1) is 11.9. The second kappa shape index (κ2) is 4.19. The summed E-state index contributed by atoms with van der Waals surface area (Å²) in [5, 5.41) is 0. The summed E-state index contributed by atoms with van der Waals surface area (Å²) in [5.41, 5.74) is 9.01. The molecule has 0 spiro atoms. The second-order valence-corrected chi connectivity index (χ2v) is 5.29. The summed E-state index contributed by atoms with van der Waals surface area (Å²) in [5.74, 6) is 7.92. The Kier molecular flexibility index (Phi) is 2.62. The standard InChI is InChI=1S/C14H19N5/c1-18(2)11-7-5-9(6-8-11)12-13(15)19(16)14(17-12)10-3-4-10/h5-8,10H,3-4,15-16H2,1-2H3. The molecule has 0 unspecified atom stereocenters. The third-order valence-electron chi connectivity index (χ3n) is 3.57. The lowest BCUT2D eigenvalue weighted by Gasteiger charge is -2.12. The van der Waals surface area contributed by atoms with Crippen LogP contribution in [0.2, 0.25) is 0 Å². The molecule has 1 saturated carbocycles. The molecule has 0 aliphatic heterocycles. The van der Waals surface area contributed by atoms with Gasteiger partial charge in [0.05, 0.1) is 0 Å². The maximum Gasteiger partial charge on any atom is 0.150 e. The van der Waals surface area contributed by atoms with Gasteiger partial charge in [-0.1, -0.05) is 12.1 Å². The molecule has 3 rings (SSSR count). The Morgan fingerprint density at radius 1 is 1.21 bits per heavy atom. The van der Waals surface area contributed by atoms with Crippen LogP contribution < -0.4 is 16.5 Å². The van der Waals surface area contributed by atoms with Gasteiger partial charge in [-0.15, -0.1) is 0 Å². The van der Waals surface area contributed by atoms with E-state index in [0.29, 0.717) is 11.7 Å². The molecule has 0 radical (unpaired) electrons. The molecule has 1 aliphatic rings. The van der Waals surface area contributed by atoms with Gasteiger partial charge in [-0.2, -0.15) is 0 Å². The third-order valence-corrected chi connectivity index (χ3v) is 3.57. The van der Waals surface area contributed by atoms with Crippen molar-refractivity contribution < 1.29 is 0 Å². The Bertz CT molecular complexity index is 593. The number of aromatic nitrogens is 2. The summed E-state index contributed by atoms with van der Waals surface area (Å²) < 4.78 is 1.53. The number of nitrogens with zero attached hydrogens (tertiary/aromatic N) is 3. The van der Waals surface area contributed by atoms with E-state index in [2.05, 4.69) is 22.0 Å². The van der Waals surface area contributed by atoms with Crippen molar-refractivity contribution in [2.24, 2.45) is 0 Å². The van der Waals surface area contributed by atoms with E-state index in [1.54, 1.807) is 0 Å². The molecule has 100 valence electrons. The van der Waals surface area contributed by atoms with E-state index in [1.165, 1.54) is 4.68 Å². The number of nitrogen functional groups attached to an aromatic ring is 2. The predicted molar refractivity (Wildman–Crippen MR) is 78.5 cm³/mol. The molecule has 1 aromatic heterocycles. The first-order valence-electron chi connectivity index (χ1n) is 6.49. The zero-order valence-electron chi connectivity index (χ0n) is 11.3. The molecule has 0 bridgehead atoms. The normalized spacial score (nSPS) is 14.6. The minimum absolute atomic E-state index is 0.488. The highest BCUT2D eigenvalue weighted by molar-refractivity contribution is 5.72. The largest absolute Gasteiger partial charge is 0.382 e. The van der Waals surface area contributed by atoms with Crippen LogP contribution in [0, 0.1) is 0 Å². The number of rotatable bonds is 3. The number of nitrogens with two attached hydrogens (primary N) is 2. The Hall–Kier alpha value is -2.17. The maximum absolute atomic E-state index is 6.06. The van der Waals surface area contributed by atoms with E-state index < -0.39 is 0 Å². The van der Waals surface area contributed by atoms with Crippen molar-refractivity contribution in [2.45, 2.75) is 18.8 Å². The number of hydrogen-bond acceptors (Lipinski definition) is 4. The predicted octanol–water partition coefficient (Wildman–Crippen LogP) is 1.79. The highest BCUT2D eigenvalue weighted by Crippen LogP contribution is 2.41. The van der Waals surface area contributed by atoms with Crippen molar-refractivity contribution in [1.82, 2.24) is 9.66 Å². The minimum Gasteiger partial charge on any atom is -0.382 e. The van der Waals surface area contributed by atoms with Crippen LogP contribution in [-0.4, -0.2) is 23.8 Å². The third kappa shape index (κ3) is 2.01. The van der Waals surface area contributed by atoms with E-state index >= 15 is 0 Å². The molecule has 19 heavy (non-hydrogen) atoms. The Labute approximate surface area is 112 Å². The quantitative estimate of drug-likeness (QED) is 0.822. The van der Waals surface area contributed by atoms with Gasteiger partial charge in [0, 0.05) is 31.3 Å². The zero-order chi connectivity index (χ0) is 13.6. The van der Waals surface area contributed by atoms with E-state index in [4.69, 9.17) is 11.6 Å². The molecular weight excluding hydrogens is 238 g/mol. The van der Waals surface area contributed by atoms with Gasteiger partial charge in [0.1, 0.15) is 11.5 Å². The molecule has 0 atom stereocenters. The van der Waals surface area contributed by atoms with Crippen molar-refractivity contribution in [1.29, 1.82) is 0 Å². The van der Waals surface area contributed by atoms with Crippen molar-refractivity contribution in [3.63, 3.8) is 0 Å². The lowest BCUT2D eigenvalue weighted by Crippen LogP contribution is -2.14. The maximum atomic E-state index is 6.06. The highest BCUT2D eigenvalue weighted by atomic mass is 15.4. The van der Waals surface area contributed by atoms with Gasteiger partial charge in [-0.3, -0.25) is 0 Å². The average Bonchev–Trinajstić information content (AvgIpc) is 3.19. The number of hydrogen-bond donors (Lipinski definition) is 2. The lowest BCUT2D eigenvalue weighted by molar-refractivity contribution is 0.855. The smallest absolute Gasteiger partial charge is 0.150 e. The SMILES string of the molecule is CN(C)c1ccc(-c2nc(C3CC3)n(N)c2N)cc1. The Morgan fingerprint density at radius 3 is 2.37 bits per heavy atom. The first-order chi connectivity index (χ1) is 9.08. The van der Waals surface area contributed by atoms with Crippen LogP contribution in [0.25, 0.3) is 11.3 Å². The average molecular weight is 257 g/mol. The van der Waals surface area contributed by atoms with Gasteiger partial charge in [0.2, 0.25) is 0 Å². The molecule has 1 heterocycles. The van der Waals surface area contributed by atoms with E-state index in [1.807, 2.05) is 26.2 Å². The monoisotopic (exact) mass is 257 g/mol. The minimum atomic E-state index is 0.488. The van der Waals surface area contributed by atoms with Crippen LogP contribution in [0.3, 0.4) is 0 Å². The van der Waals surface area contributed by atoms with Gasteiger partial charge in [0.25, 0.3) is 0 Å². The number of anilines is 2. The topological polar surface area (TPSA) is 73.1 Å². The summed E-state index contributed by atoms with van der Waals surface area (Å²) in [4.78, 5) is 6.68. The first-order valence-corrected chi connectivity index (χ1v) is 6.49. The molecule has 1 aliphatic carbocycles. The molecular formula is C14H19N5. The van der Waals surface area contributed by atoms with Crippen LogP contribution in [0.15, 0.2) is 24.3 Å². The van der Waals surface area contributed by atoms with E-state index in [-0.39, 0.29) is 0 Å². The van der Waals surface area contributed by atoms with Crippen LogP contribution in [0.4, 0.5) is 11.5 Å². The summed E-state index contributed by atoms with van der Waals surface area (Å²) in [7, 11) is 4.03. The van der Waals surface area contributed by atoms with Gasteiger partial charge in [-0.05, 0) is 25.0 Å².